The summed E-state index contributed by atoms with van der Waals surface area (Å²) in [5.74, 6) is 2.12. The van der Waals surface area contributed by atoms with Crippen molar-refractivity contribution in [1.82, 2.24) is 0 Å². The van der Waals surface area contributed by atoms with E-state index in [0.717, 1.165) is 17.9 Å². The third-order valence-corrected chi connectivity index (χ3v) is 5.24. The van der Waals surface area contributed by atoms with E-state index in [1.807, 2.05) is 30.0 Å². The first-order chi connectivity index (χ1) is 8.72. The summed E-state index contributed by atoms with van der Waals surface area (Å²) in [5, 5.41) is 4.16. The normalized spacial score (nSPS) is 27.8. The number of ether oxygens (including phenoxy) is 1. The molecule has 1 aliphatic heterocycles. The first-order valence-corrected chi connectivity index (χ1v) is 7.49. The fourth-order valence-corrected chi connectivity index (χ4v) is 3.77. The zero-order valence-electron chi connectivity index (χ0n) is 11.1. The third kappa shape index (κ3) is 2.59. The minimum Gasteiger partial charge on any atom is -0.495 e. The van der Waals surface area contributed by atoms with Crippen LogP contribution in [0.25, 0.3) is 0 Å². The average molecular weight is 266 g/mol. The molecule has 1 aliphatic rings. The van der Waals surface area contributed by atoms with Gasteiger partial charge in [0, 0.05) is 11.8 Å². The van der Waals surface area contributed by atoms with Crippen LogP contribution in [0.4, 0.5) is 5.69 Å². The number of hydrogen-bond donors (Lipinski definition) is 2. The SMILES string of the molecule is COc1ccccc1NC1(CN)CCCSC1C. The zero-order valence-corrected chi connectivity index (χ0v) is 11.9. The Morgan fingerprint density at radius 3 is 2.94 bits per heavy atom. The summed E-state index contributed by atoms with van der Waals surface area (Å²) in [6.07, 6.45) is 2.34. The van der Waals surface area contributed by atoms with Crippen molar-refractivity contribution in [3.05, 3.63) is 24.3 Å². The molecule has 2 rings (SSSR count). The van der Waals surface area contributed by atoms with E-state index in [1.54, 1.807) is 7.11 Å². The number of nitrogens with one attached hydrogen (secondary N) is 1. The van der Waals surface area contributed by atoms with Gasteiger partial charge in [0.25, 0.3) is 0 Å². The quantitative estimate of drug-likeness (QED) is 0.879. The van der Waals surface area contributed by atoms with Gasteiger partial charge in [0.2, 0.25) is 0 Å². The second-order valence-corrected chi connectivity index (χ2v) is 6.25. The molecule has 3 N–H and O–H groups in total. The van der Waals surface area contributed by atoms with Crippen LogP contribution in [0.2, 0.25) is 0 Å². The molecule has 0 aliphatic carbocycles. The summed E-state index contributed by atoms with van der Waals surface area (Å²) < 4.78 is 5.40. The Morgan fingerprint density at radius 1 is 1.50 bits per heavy atom. The van der Waals surface area contributed by atoms with E-state index in [-0.39, 0.29) is 5.54 Å². The number of anilines is 1. The molecule has 1 heterocycles. The lowest BCUT2D eigenvalue weighted by Gasteiger charge is -2.43. The number of methoxy groups -OCH3 is 1. The van der Waals surface area contributed by atoms with Gasteiger partial charge in [-0.15, -0.1) is 0 Å². The van der Waals surface area contributed by atoms with Crippen molar-refractivity contribution in [3.63, 3.8) is 0 Å². The lowest BCUT2D eigenvalue weighted by atomic mass is 9.89. The molecule has 0 spiro atoms. The molecule has 0 radical (unpaired) electrons. The largest absolute Gasteiger partial charge is 0.495 e. The van der Waals surface area contributed by atoms with Gasteiger partial charge in [-0.2, -0.15) is 11.8 Å². The molecule has 0 aromatic heterocycles. The topological polar surface area (TPSA) is 47.3 Å². The maximum Gasteiger partial charge on any atom is 0.141 e. The standard InChI is InChI=1S/C14H22N2OS/c1-11-14(10-15,8-5-9-18-11)16-12-6-3-4-7-13(12)17-2/h3-4,6-7,11,16H,5,8-10,15H2,1-2H3. The number of hydrogen-bond acceptors (Lipinski definition) is 4. The van der Waals surface area contributed by atoms with Gasteiger partial charge in [0.1, 0.15) is 5.75 Å². The Morgan fingerprint density at radius 2 is 2.28 bits per heavy atom. The lowest BCUT2D eigenvalue weighted by Crippen LogP contribution is -2.54. The van der Waals surface area contributed by atoms with Gasteiger partial charge in [-0.1, -0.05) is 19.1 Å². The van der Waals surface area contributed by atoms with Gasteiger partial charge >= 0.3 is 0 Å². The number of thioether (sulfide) groups is 1. The summed E-state index contributed by atoms with van der Waals surface area (Å²) in [6, 6.07) is 8.04. The van der Waals surface area contributed by atoms with E-state index < -0.39 is 0 Å². The molecule has 100 valence electrons. The van der Waals surface area contributed by atoms with Crippen molar-refractivity contribution in [3.8, 4) is 5.75 Å². The first-order valence-electron chi connectivity index (χ1n) is 6.45. The molecular weight excluding hydrogens is 244 g/mol. The summed E-state index contributed by atoms with van der Waals surface area (Å²) >= 11 is 2.00. The highest BCUT2D eigenvalue weighted by molar-refractivity contribution is 8.00. The minimum absolute atomic E-state index is 0.0163. The van der Waals surface area contributed by atoms with Crippen molar-refractivity contribution < 1.29 is 4.74 Å². The van der Waals surface area contributed by atoms with Crippen molar-refractivity contribution in [1.29, 1.82) is 0 Å². The molecule has 0 saturated carbocycles. The number of benzene rings is 1. The monoisotopic (exact) mass is 266 g/mol. The summed E-state index contributed by atoms with van der Waals surface area (Å²) in [6.45, 7) is 2.91. The molecular formula is C14H22N2OS. The molecule has 4 heteroatoms. The average Bonchev–Trinajstić information content (AvgIpc) is 2.42. The number of para-hydroxylation sites is 2. The van der Waals surface area contributed by atoms with Gasteiger partial charge in [0.15, 0.2) is 0 Å². The first kappa shape index (κ1) is 13.6. The van der Waals surface area contributed by atoms with Crippen molar-refractivity contribution >= 4 is 17.4 Å². The highest BCUT2D eigenvalue weighted by atomic mass is 32.2. The molecule has 3 nitrogen and oxygen atoms in total. The smallest absolute Gasteiger partial charge is 0.141 e. The van der Waals surface area contributed by atoms with Gasteiger partial charge in [0.05, 0.1) is 18.3 Å². The van der Waals surface area contributed by atoms with Crippen LogP contribution in [0, 0.1) is 0 Å². The van der Waals surface area contributed by atoms with Crippen molar-refractivity contribution in [2.45, 2.75) is 30.6 Å². The van der Waals surface area contributed by atoms with Crippen LogP contribution >= 0.6 is 11.8 Å². The van der Waals surface area contributed by atoms with Crippen molar-refractivity contribution in [2.24, 2.45) is 5.73 Å². The summed E-state index contributed by atoms with van der Waals surface area (Å²) in [5.41, 5.74) is 7.08. The third-order valence-electron chi connectivity index (χ3n) is 3.77. The van der Waals surface area contributed by atoms with Gasteiger partial charge in [-0.3, -0.25) is 0 Å². The maximum absolute atomic E-state index is 6.05. The van der Waals surface area contributed by atoms with E-state index in [9.17, 15) is 0 Å². The summed E-state index contributed by atoms with van der Waals surface area (Å²) in [7, 11) is 1.70. The van der Waals surface area contributed by atoms with E-state index in [1.165, 1.54) is 12.2 Å². The molecule has 1 saturated heterocycles. The Labute approximate surface area is 113 Å². The van der Waals surface area contributed by atoms with E-state index in [4.69, 9.17) is 10.5 Å². The zero-order chi connectivity index (χ0) is 13.0. The molecule has 18 heavy (non-hydrogen) atoms. The van der Waals surface area contributed by atoms with Gasteiger partial charge < -0.3 is 15.8 Å². The minimum atomic E-state index is -0.0163. The van der Waals surface area contributed by atoms with Crippen LogP contribution in [0.15, 0.2) is 24.3 Å². The van der Waals surface area contributed by atoms with E-state index in [0.29, 0.717) is 11.8 Å². The Kier molecular flexibility index (Phi) is 4.40. The fourth-order valence-electron chi connectivity index (χ4n) is 2.51. The highest BCUT2D eigenvalue weighted by Crippen LogP contribution is 2.38. The van der Waals surface area contributed by atoms with E-state index >= 15 is 0 Å². The van der Waals surface area contributed by atoms with Gasteiger partial charge in [-0.25, -0.2) is 0 Å². The predicted molar refractivity (Wildman–Crippen MR) is 79.6 cm³/mol. The van der Waals surface area contributed by atoms with Crippen LogP contribution < -0.4 is 15.8 Å². The lowest BCUT2D eigenvalue weighted by molar-refractivity contribution is 0.401. The Bertz CT molecular complexity index is 399. The number of rotatable bonds is 4. The van der Waals surface area contributed by atoms with Crippen LogP contribution in [-0.4, -0.2) is 30.2 Å². The second kappa shape index (κ2) is 5.85. The molecule has 1 fully saturated rings. The molecule has 1 aromatic rings. The molecule has 1 aromatic carbocycles. The van der Waals surface area contributed by atoms with Crippen LogP contribution in [-0.2, 0) is 0 Å². The van der Waals surface area contributed by atoms with Crippen LogP contribution in [0.3, 0.4) is 0 Å². The van der Waals surface area contributed by atoms with Crippen LogP contribution in [0.1, 0.15) is 19.8 Å². The molecule has 2 atom stereocenters. The predicted octanol–water partition coefficient (Wildman–Crippen LogP) is 2.72. The second-order valence-electron chi connectivity index (χ2n) is 4.80. The van der Waals surface area contributed by atoms with Gasteiger partial charge in [-0.05, 0) is 30.7 Å². The molecule has 2 unspecified atom stereocenters. The maximum atomic E-state index is 6.05. The van der Waals surface area contributed by atoms with Crippen LogP contribution in [0.5, 0.6) is 5.75 Å². The van der Waals surface area contributed by atoms with E-state index in [2.05, 4.69) is 18.3 Å². The summed E-state index contributed by atoms with van der Waals surface area (Å²) in [4.78, 5) is 0. The highest BCUT2D eigenvalue weighted by Gasteiger charge is 2.37. The van der Waals surface area contributed by atoms with Crippen molar-refractivity contribution in [2.75, 3.05) is 24.7 Å². The molecule has 0 amide bonds. The number of nitrogens with two attached hydrogens (primary N) is 1. The Balaban J connectivity index is 2.24. The molecule has 0 bridgehead atoms. The fraction of sp³-hybridized carbons (Fsp3) is 0.571. The Hall–Kier alpha value is -0.870.